The van der Waals surface area contributed by atoms with Crippen LogP contribution in [0.15, 0.2) is 65.6 Å². The molecule has 0 aliphatic carbocycles. The number of anilines is 1. The van der Waals surface area contributed by atoms with Crippen molar-refractivity contribution in [3.05, 3.63) is 72.3 Å². The van der Waals surface area contributed by atoms with E-state index in [1.165, 1.54) is 4.31 Å². The Morgan fingerprint density at radius 2 is 1.53 bits per heavy atom. The first-order valence-electron chi connectivity index (χ1n) is 10.8. The van der Waals surface area contributed by atoms with Crippen LogP contribution >= 0.6 is 0 Å². The third-order valence-electron chi connectivity index (χ3n) is 6.35. The van der Waals surface area contributed by atoms with Gasteiger partial charge in [0.25, 0.3) is 5.91 Å². The molecule has 2 fully saturated rings. The summed E-state index contributed by atoms with van der Waals surface area (Å²) in [6, 6.07) is 14.3. The summed E-state index contributed by atoms with van der Waals surface area (Å²) < 4.78 is 55.2. The van der Waals surface area contributed by atoms with Gasteiger partial charge in [0, 0.05) is 32.2 Å². The molecule has 0 bridgehead atoms. The number of amides is 2. The molecule has 176 valence electrons. The molecule has 0 saturated carbocycles. The highest BCUT2D eigenvalue weighted by Gasteiger charge is 2.45. The predicted octanol–water partition coefficient (Wildman–Crippen LogP) is 2.76. The molecule has 0 aromatic heterocycles. The van der Waals surface area contributed by atoms with Crippen LogP contribution in [0.25, 0.3) is 10.8 Å². The van der Waals surface area contributed by atoms with Gasteiger partial charge >= 0.3 is 0 Å². The number of hydrogen-bond donors (Lipinski definition) is 0. The lowest BCUT2D eigenvalue weighted by Gasteiger charge is -2.36. The van der Waals surface area contributed by atoms with Crippen molar-refractivity contribution in [2.24, 2.45) is 0 Å². The quantitative estimate of drug-likeness (QED) is 0.531. The zero-order chi connectivity index (χ0) is 24.0. The first kappa shape index (κ1) is 22.6. The number of rotatable bonds is 4. The fourth-order valence-corrected chi connectivity index (χ4v) is 6.01. The van der Waals surface area contributed by atoms with Crippen molar-refractivity contribution in [2.75, 3.05) is 31.1 Å². The van der Waals surface area contributed by atoms with Crippen molar-refractivity contribution < 1.29 is 26.8 Å². The summed E-state index contributed by atoms with van der Waals surface area (Å²) in [4.78, 5) is 28.1. The van der Waals surface area contributed by atoms with Crippen molar-refractivity contribution in [3.63, 3.8) is 0 Å². The molecule has 1 atom stereocenters. The van der Waals surface area contributed by atoms with E-state index in [4.69, 9.17) is 0 Å². The summed E-state index contributed by atoms with van der Waals surface area (Å²) >= 11 is 0. The summed E-state index contributed by atoms with van der Waals surface area (Å²) in [5.41, 5.74) is -0.281. The van der Waals surface area contributed by atoms with Crippen LogP contribution in [0.3, 0.4) is 0 Å². The Morgan fingerprint density at radius 3 is 2.24 bits per heavy atom. The number of piperazine rings is 1. The molecule has 10 heteroatoms. The van der Waals surface area contributed by atoms with E-state index in [0.717, 1.165) is 27.8 Å². The van der Waals surface area contributed by atoms with Crippen LogP contribution in [-0.2, 0) is 19.6 Å². The highest BCUT2D eigenvalue weighted by atomic mass is 32.2. The predicted molar refractivity (Wildman–Crippen MR) is 122 cm³/mol. The molecule has 0 radical (unpaired) electrons. The second kappa shape index (κ2) is 8.53. The third-order valence-corrected chi connectivity index (χ3v) is 8.24. The average Bonchev–Trinajstić information content (AvgIpc) is 3.12. The van der Waals surface area contributed by atoms with Crippen molar-refractivity contribution >= 4 is 38.3 Å². The van der Waals surface area contributed by atoms with Gasteiger partial charge in [-0.15, -0.1) is 0 Å². The summed E-state index contributed by atoms with van der Waals surface area (Å²) in [6.07, 6.45) is -0.146. The third kappa shape index (κ3) is 3.87. The van der Waals surface area contributed by atoms with Crippen molar-refractivity contribution in [2.45, 2.75) is 17.4 Å². The van der Waals surface area contributed by atoms with E-state index in [9.17, 15) is 26.8 Å². The number of sulfonamides is 1. The summed E-state index contributed by atoms with van der Waals surface area (Å²) in [5.74, 6) is -2.97. The van der Waals surface area contributed by atoms with Crippen molar-refractivity contribution in [1.82, 2.24) is 9.21 Å². The summed E-state index contributed by atoms with van der Waals surface area (Å²) in [7, 11) is -3.73. The number of carbonyl (C=O) groups excluding carboxylic acids is 2. The minimum Gasteiger partial charge on any atom is -0.289 e. The van der Waals surface area contributed by atoms with Gasteiger partial charge in [0.2, 0.25) is 15.9 Å². The van der Waals surface area contributed by atoms with Gasteiger partial charge in [-0.25, -0.2) is 22.1 Å². The van der Waals surface area contributed by atoms with Crippen LogP contribution in [0.2, 0.25) is 0 Å². The van der Waals surface area contributed by atoms with Crippen molar-refractivity contribution in [3.8, 4) is 0 Å². The maximum atomic E-state index is 14.2. The first-order valence-corrected chi connectivity index (χ1v) is 12.2. The maximum absolute atomic E-state index is 14.2. The van der Waals surface area contributed by atoms with E-state index in [-0.39, 0.29) is 43.2 Å². The van der Waals surface area contributed by atoms with Crippen LogP contribution in [-0.4, -0.2) is 61.7 Å². The molecular formula is C24H21F2N3O4S. The van der Waals surface area contributed by atoms with E-state index in [1.54, 1.807) is 23.1 Å². The zero-order valence-electron chi connectivity index (χ0n) is 18.0. The number of halogens is 2. The van der Waals surface area contributed by atoms with Gasteiger partial charge < -0.3 is 0 Å². The van der Waals surface area contributed by atoms with Gasteiger partial charge in [0.05, 0.1) is 23.0 Å². The number of fused-ring (bicyclic) bond motifs is 1. The minimum atomic E-state index is -3.73. The number of hydrogen-bond acceptors (Lipinski definition) is 5. The zero-order valence-corrected chi connectivity index (χ0v) is 18.8. The van der Waals surface area contributed by atoms with Crippen LogP contribution < -0.4 is 4.90 Å². The van der Waals surface area contributed by atoms with E-state index >= 15 is 0 Å². The fraction of sp³-hybridized carbons (Fsp3) is 0.250. The molecule has 2 aliphatic rings. The molecule has 0 spiro atoms. The molecule has 2 aliphatic heterocycles. The molecule has 5 rings (SSSR count). The highest BCUT2D eigenvalue weighted by Crippen LogP contribution is 2.30. The number of nitrogens with zero attached hydrogens (tertiary/aromatic N) is 3. The molecular weight excluding hydrogens is 464 g/mol. The second-order valence-corrected chi connectivity index (χ2v) is 10.3. The van der Waals surface area contributed by atoms with E-state index in [1.807, 2.05) is 24.3 Å². The number of benzene rings is 3. The molecule has 0 N–H and O–H groups in total. The minimum absolute atomic E-state index is 0.146. The monoisotopic (exact) mass is 485 g/mol. The standard InChI is InChI=1S/C24H21F2N3O4S/c25-18-6-8-21(20(26)14-18)29-23(30)15-22(24(29)31)27-9-11-28(12-10-27)34(32,33)19-7-5-16-3-1-2-4-17(16)13-19/h1-8,13-14,22H,9-12,15H2/t22-/m1/s1. The van der Waals surface area contributed by atoms with Crippen molar-refractivity contribution in [1.29, 1.82) is 0 Å². The Kier molecular flexibility index (Phi) is 5.67. The molecule has 7 nitrogen and oxygen atoms in total. The molecule has 2 amide bonds. The molecule has 3 aromatic rings. The topological polar surface area (TPSA) is 78.0 Å². The lowest BCUT2D eigenvalue weighted by Crippen LogP contribution is -2.53. The molecule has 0 unspecified atom stereocenters. The van der Waals surface area contributed by atoms with Crippen LogP contribution in [0.5, 0.6) is 0 Å². The van der Waals surface area contributed by atoms with Gasteiger partial charge in [0.1, 0.15) is 11.6 Å². The Balaban J connectivity index is 1.30. The van der Waals surface area contributed by atoms with E-state index in [0.29, 0.717) is 6.07 Å². The van der Waals surface area contributed by atoms with Gasteiger partial charge in [-0.3, -0.25) is 14.5 Å². The smallest absolute Gasteiger partial charge is 0.251 e. The molecule has 2 heterocycles. The lowest BCUT2D eigenvalue weighted by molar-refractivity contribution is -0.123. The first-order chi connectivity index (χ1) is 16.3. The SMILES string of the molecule is O=C1C[C@@H](N2CCN(S(=O)(=O)c3ccc4ccccc4c3)CC2)C(=O)N1c1ccc(F)cc1F. The Labute approximate surface area is 195 Å². The summed E-state index contributed by atoms with van der Waals surface area (Å²) in [5, 5.41) is 1.77. The Hall–Kier alpha value is -3.21. The highest BCUT2D eigenvalue weighted by molar-refractivity contribution is 7.89. The van der Waals surface area contributed by atoms with Gasteiger partial charge in [-0.1, -0.05) is 30.3 Å². The molecule has 34 heavy (non-hydrogen) atoms. The van der Waals surface area contributed by atoms with E-state index < -0.39 is 39.5 Å². The van der Waals surface area contributed by atoms with Gasteiger partial charge in [-0.2, -0.15) is 4.31 Å². The number of carbonyl (C=O) groups is 2. The maximum Gasteiger partial charge on any atom is 0.251 e. The normalized spacial score (nSPS) is 20.4. The largest absolute Gasteiger partial charge is 0.289 e. The van der Waals surface area contributed by atoms with Gasteiger partial charge in [0.15, 0.2) is 0 Å². The second-order valence-electron chi connectivity index (χ2n) is 8.33. The Morgan fingerprint density at radius 1 is 0.824 bits per heavy atom. The van der Waals surface area contributed by atoms with Crippen LogP contribution in [0.4, 0.5) is 14.5 Å². The van der Waals surface area contributed by atoms with Crippen LogP contribution in [0, 0.1) is 11.6 Å². The average molecular weight is 486 g/mol. The molecule has 3 aromatic carbocycles. The lowest BCUT2D eigenvalue weighted by atomic mass is 10.1. The fourth-order valence-electron chi connectivity index (χ4n) is 4.55. The van der Waals surface area contributed by atoms with E-state index in [2.05, 4.69) is 0 Å². The molecule has 2 saturated heterocycles. The van der Waals surface area contributed by atoms with Gasteiger partial charge in [-0.05, 0) is 35.0 Å². The summed E-state index contributed by atoms with van der Waals surface area (Å²) in [6.45, 7) is 0.794. The Bertz CT molecular complexity index is 1400. The number of imide groups is 1. The van der Waals surface area contributed by atoms with Crippen LogP contribution in [0.1, 0.15) is 6.42 Å².